The second-order valence-corrected chi connectivity index (χ2v) is 5.91. The van der Waals surface area contributed by atoms with Crippen LogP contribution in [-0.2, 0) is 19.5 Å². The van der Waals surface area contributed by atoms with Crippen LogP contribution in [0, 0.1) is 11.8 Å². The molecule has 0 aromatic carbocycles. The first-order chi connectivity index (χ1) is 9.78. The topological polar surface area (TPSA) is 50.1 Å². The summed E-state index contributed by atoms with van der Waals surface area (Å²) < 4.78 is 2.09. The second-order valence-electron chi connectivity index (χ2n) is 5.91. The number of hydrogen-bond acceptors (Lipinski definition) is 3. The molecule has 1 fully saturated rings. The molecule has 20 heavy (non-hydrogen) atoms. The van der Waals surface area contributed by atoms with E-state index in [1.54, 1.807) is 0 Å². The summed E-state index contributed by atoms with van der Waals surface area (Å²) in [6.07, 6.45) is 6.04. The molecule has 0 radical (unpaired) electrons. The highest BCUT2D eigenvalue weighted by Gasteiger charge is 2.23. The summed E-state index contributed by atoms with van der Waals surface area (Å²) in [5, 5.41) is 17.6. The van der Waals surface area contributed by atoms with E-state index in [0.29, 0.717) is 18.4 Å². The van der Waals surface area contributed by atoms with E-state index in [4.69, 9.17) is 0 Å². The molecule has 2 rings (SSSR count). The first-order valence-corrected chi connectivity index (χ1v) is 8.15. The summed E-state index contributed by atoms with van der Waals surface area (Å²) in [5.74, 6) is 1.14. The second kappa shape index (κ2) is 7.79. The molecule has 0 saturated heterocycles. The summed E-state index contributed by atoms with van der Waals surface area (Å²) in [6.45, 7) is 7.46. The third kappa shape index (κ3) is 3.83. The van der Waals surface area contributed by atoms with Crippen molar-refractivity contribution in [3.8, 4) is 0 Å². The van der Waals surface area contributed by atoms with Crippen LogP contribution in [0.1, 0.15) is 50.9 Å². The van der Waals surface area contributed by atoms with E-state index in [1.165, 1.54) is 37.1 Å². The molecule has 2 atom stereocenters. The number of rotatable bonds is 7. The van der Waals surface area contributed by atoms with Gasteiger partial charge in [-0.05, 0) is 50.6 Å². The predicted octanol–water partition coefficient (Wildman–Crippen LogP) is 2.35. The highest BCUT2D eigenvalue weighted by Crippen LogP contribution is 2.29. The molecular weight excluding hydrogens is 250 g/mol. The average Bonchev–Trinajstić information content (AvgIpc) is 2.90. The monoisotopic (exact) mass is 279 g/mol. The van der Waals surface area contributed by atoms with Gasteiger partial charge in [0.15, 0.2) is 0 Å². The van der Waals surface area contributed by atoms with Gasteiger partial charge in [-0.1, -0.05) is 19.8 Å². The maximum absolute atomic E-state index is 9.45. The Morgan fingerprint density at radius 3 is 2.70 bits per heavy atom. The van der Waals surface area contributed by atoms with Crippen molar-refractivity contribution in [3.05, 3.63) is 17.5 Å². The molecule has 1 aliphatic carbocycles. The minimum Gasteiger partial charge on any atom is -0.396 e. The Labute approximate surface area is 122 Å². The van der Waals surface area contributed by atoms with Gasteiger partial charge in [-0.15, -0.1) is 0 Å². The van der Waals surface area contributed by atoms with E-state index in [2.05, 4.69) is 35.0 Å². The third-order valence-electron chi connectivity index (χ3n) is 4.59. The first kappa shape index (κ1) is 15.5. The van der Waals surface area contributed by atoms with E-state index in [-0.39, 0.29) is 0 Å². The molecule has 0 spiro atoms. The Morgan fingerprint density at radius 2 is 2.05 bits per heavy atom. The summed E-state index contributed by atoms with van der Waals surface area (Å²) in [4.78, 5) is 0. The highest BCUT2D eigenvalue weighted by molar-refractivity contribution is 5.10. The minimum absolute atomic E-state index is 0.346. The molecule has 4 nitrogen and oxygen atoms in total. The van der Waals surface area contributed by atoms with Crippen LogP contribution >= 0.6 is 0 Å². The Kier molecular flexibility index (Phi) is 6.05. The van der Waals surface area contributed by atoms with Crippen LogP contribution in [0.4, 0.5) is 0 Å². The summed E-state index contributed by atoms with van der Waals surface area (Å²) in [7, 11) is 0. The van der Waals surface area contributed by atoms with Gasteiger partial charge in [0.1, 0.15) is 0 Å². The fraction of sp³-hybridized carbons (Fsp3) is 0.812. The summed E-state index contributed by atoms with van der Waals surface area (Å²) in [5.41, 5.74) is 2.45. The number of aromatic nitrogens is 2. The standard InChI is InChI=1S/C16H29N3O/c1-3-15-9-16(19(4-2)18-15)11-17-10-13-7-5-6-8-14(13)12-20/h9,13-14,17,20H,3-8,10-12H2,1-2H3. The molecule has 114 valence electrons. The van der Waals surface area contributed by atoms with Crippen molar-refractivity contribution in [1.82, 2.24) is 15.1 Å². The van der Waals surface area contributed by atoms with E-state index in [9.17, 15) is 5.11 Å². The maximum Gasteiger partial charge on any atom is 0.0625 e. The number of aliphatic hydroxyl groups excluding tert-OH is 1. The average molecular weight is 279 g/mol. The maximum atomic E-state index is 9.45. The largest absolute Gasteiger partial charge is 0.396 e. The van der Waals surface area contributed by atoms with Crippen molar-refractivity contribution in [2.45, 2.75) is 59.0 Å². The van der Waals surface area contributed by atoms with Crippen LogP contribution in [-0.4, -0.2) is 28.0 Å². The first-order valence-electron chi connectivity index (χ1n) is 8.15. The van der Waals surface area contributed by atoms with Crippen LogP contribution in [0.2, 0.25) is 0 Å². The van der Waals surface area contributed by atoms with Crippen LogP contribution in [0.3, 0.4) is 0 Å². The molecule has 0 aliphatic heterocycles. The quantitative estimate of drug-likeness (QED) is 0.805. The van der Waals surface area contributed by atoms with Crippen molar-refractivity contribution in [2.24, 2.45) is 11.8 Å². The lowest BCUT2D eigenvalue weighted by atomic mass is 9.79. The Hall–Kier alpha value is -0.870. The van der Waals surface area contributed by atoms with Crippen LogP contribution in [0.5, 0.6) is 0 Å². The van der Waals surface area contributed by atoms with Gasteiger partial charge in [-0.3, -0.25) is 4.68 Å². The van der Waals surface area contributed by atoms with E-state index in [1.807, 2.05) is 0 Å². The van der Waals surface area contributed by atoms with Crippen LogP contribution < -0.4 is 5.32 Å². The van der Waals surface area contributed by atoms with Crippen LogP contribution in [0.15, 0.2) is 6.07 Å². The van der Waals surface area contributed by atoms with Gasteiger partial charge in [0.2, 0.25) is 0 Å². The third-order valence-corrected chi connectivity index (χ3v) is 4.59. The van der Waals surface area contributed by atoms with Gasteiger partial charge < -0.3 is 10.4 Å². The van der Waals surface area contributed by atoms with Crippen molar-refractivity contribution < 1.29 is 5.11 Å². The van der Waals surface area contributed by atoms with Gasteiger partial charge in [0, 0.05) is 19.7 Å². The molecule has 0 amide bonds. The SMILES string of the molecule is CCc1cc(CNCC2CCCCC2CO)n(CC)n1. The molecule has 2 unspecified atom stereocenters. The van der Waals surface area contributed by atoms with Crippen LogP contribution in [0.25, 0.3) is 0 Å². The molecule has 1 aromatic rings. The number of hydrogen-bond donors (Lipinski definition) is 2. The zero-order chi connectivity index (χ0) is 14.4. The smallest absolute Gasteiger partial charge is 0.0625 e. The Balaban J connectivity index is 1.84. The molecule has 0 bridgehead atoms. The van der Waals surface area contributed by atoms with E-state index in [0.717, 1.165) is 26.1 Å². The molecule has 1 heterocycles. The zero-order valence-corrected chi connectivity index (χ0v) is 12.9. The molecule has 1 aliphatic rings. The van der Waals surface area contributed by atoms with Gasteiger partial charge in [0.05, 0.1) is 11.4 Å². The zero-order valence-electron chi connectivity index (χ0n) is 12.9. The number of nitrogens with one attached hydrogen (secondary N) is 1. The lowest BCUT2D eigenvalue weighted by molar-refractivity contribution is 0.133. The Bertz CT molecular complexity index is 402. The number of nitrogens with zero attached hydrogens (tertiary/aromatic N) is 2. The lowest BCUT2D eigenvalue weighted by Crippen LogP contribution is -2.32. The fourth-order valence-corrected chi connectivity index (χ4v) is 3.28. The normalized spacial score (nSPS) is 23.1. The van der Waals surface area contributed by atoms with Gasteiger partial charge in [-0.2, -0.15) is 5.10 Å². The van der Waals surface area contributed by atoms with Crippen molar-refractivity contribution >= 4 is 0 Å². The summed E-state index contributed by atoms with van der Waals surface area (Å²) >= 11 is 0. The van der Waals surface area contributed by atoms with E-state index >= 15 is 0 Å². The summed E-state index contributed by atoms with van der Waals surface area (Å²) in [6, 6.07) is 2.21. The molecule has 1 saturated carbocycles. The number of aryl methyl sites for hydroxylation is 2. The highest BCUT2D eigenvalue weighted by atomic mass is 16.3. The van der Waals surface area contributed by atoms with Gasteiger partial charge >= 0.3 is 0 Å². The lowest BCUT2D eigenvalue weighted by Gasteiger charge is -2.30. The van der Waals surface area contributed by atoms with E-state index < -0.39 is 0 Å². The fourth-order valence-electron chi connectivity index (χ4n) is 3.28. The molecular formula is C16H29N3O. The van der Waals surface area contributed by atoms with Gasteiger partial charge in [-0.25, -0.2) is 0 Å². The van der Waals surface area contributed by atoms with Gasteiger partial charge in [0.25, 0.3) is 0 Å². The van der Waals surface area contributed by atoms with Crippen molar-refractivity contribution in [3.63, 3.8) is 0 Å². The van der Waals surface area contributed by atoms with Crippen molar-refractivity contribution in [2.75, 3.05) is 13.2 Å². The molecule has 2 N–H and O–H groups in total. The molecule has 1 aromatic heterocycles. The molecule has 4 heteroatoms. The minimum atomic E-state index is 0.346. The van der Waals surface area contributed by atoms with Crippen molar-refractivity contribution in [1.29, 1.82) is 0 Å². The Morgan fingerprint density at radius 1 is 1.30 bits per heavy atom. The number of aliphatic hydroxyl groups is 1. The predicted molar refractivity (Wildman–Crippen MR) is 81.5 cm³/mol.